The van der Waals surface area contributed by atoms with Crippen LogP contribution in [0.15, 0.2) is 0 Å². The molecule has 0 rings (SSSR count). The van der Waals surface area contributed by atoms with Crippen LogP contribution in [0.25, 0.3) is 0 Å². The van der Waals surface area contributed by atoms with E-state index in [0.717, 1.165) is 51.9 Å². The average molecular weight is 285 g/mol. The van der Waals surface area contributed by atoms with Gasteiger partial charge in [0.15, 0.2) is 0 Å². The topological polar surface area (TPSA) is 58.4 Å². The van der Waals surface area contributed by atoms with E-state index in [1.165, 1.54) is 0 Å². The van der Waals surface area contributed by atoms with Gasteiger partial charge in [0.2, 0.25) is 5.91 Å². The summed E-state index contributed by atoms with van der Waals surface area (Å²) in [6.07, 6.45) is 3.99. The van der Waals surface area contributed by atoms with Gasteiger partial charge in [-0.25, -0.2) is 0 Å². The number of rotatable bonds is 12. The number of unbranched alkanes of at least 4 members (excludes halogenated alkanes) is 1. The Bertz CT molecular complexity index is 268. The number of nitrogens with two attached hydrogens (primary N) is 1. The molecule has 0 bridgehead atoms. The molecule has 0 aliphatic rings. The van der Waals surface area contributed by atoms with Gasteiger partial charge >= 0.3 is 0 Å². The second-order valence-electron chi connectivity index (χ2n) is 6.37. The number of carbonyl (C=O) groups excluding carboxylic acids is 1. The summed E-state index contributed by atoms with van der Waals surface area (Å²) in [7, 11) is 0. The zero-order chi connectivity index (χ0) is 15.6. The number of nitrogens with one attached hydrogen (secondary N) is 1. The molecule has 120 valence electrons. The first-order valence-electron chi connectivity index (χ1n) is 8.13. The molecule has 1 unspecified atom stereocenters. The molecule has 4 heteroatoms. The van der Waals surface area contributed by atoms with Gasteiger partial charge in [-0.15, -0.1) is 0 Å². The molecule has 0 aromatic rings. The monoisotopic (exact) mass is 285 g/mol. The van der Waals surface area contributed by atoms with E-state index in [0.29, 0.717) is 5.92 Å². The first-order valence-corrected chi connectivity index (χ1v) is 8.13. The standard InChI is InChI=1S/C16H35N3O/c1-6-11-18-16(5,15(17)20)10-8-9-12-19(7-2)13-14(3)4/h14,18H,6-13H2,1-5H3,(H2,17,20). The van der Waals surface area contributed by atoms with E-state index >= 15 is 0 Å². The molecule has 0 radical (unpaired) electrons. The molecule has 0 fully saturated rings. The second kappa shape index (κ2) is 10.2. The Balaban J connectivity index is 4.08. The van der Waals surface area contributed by atoms with Gasteiger partial charge < -0.3 is 16.0 Å². The van der Waals surface area contributed by atoms with Gasteiger partial charge in [-0.1, -0.05) is 27.7 Å². The number of nitrogens with zero attached hydrogens (tertiary/aromatic N) is 1. The molecule has 0 saturated heterocycles. The molecule has 0 aromatic heterocycles. The summed E-state index contributed by atoms with van der Waals surface area (Å²) in [5.41, 5.74) is 4.98. The Labute approximate surface area is 125 Å². The lowest BCUT2D eigenvalue weighted by molar-refractivity contribution is -0.124. The van der Waals surface area contributed by atoms with E-state index in [9.17, 15) is 4.79 Å². The highest BCUT2D eigenvalue weighted by molar-refractivity contribution is 5.84. The molecule has 0 saturated carbocycles. The third-order valence-electron chi connectivity index (χ3n) is 3.78. The van der Waals surface area contributed by atoms with Crippen molar-refractivity contribution in [1.82, 2.24) is 10.2 Å². The molecule has 1 amide bonds. The van der Waals surface area contributed by atoms with Crippen molar-refractivity contribution in [2.24, 2.45) is 11.7 Å². The fourth-order valence-electron chi connectivity index (χ4n) is 2.41. The maximum absolute atomic E-state index is 11.6. The molecular weight excluding hydrogens is 250 g/mol. The van der Waals surface area contributed by atoms with Crippen LogP contribution in [-0.4, -0.2) is 42.5 Å². The fraction of sp³-hybridized carbons (Fsp3) is 0.938. The highest BCUT2D eigenvalue weighted by Gasteiger charge is 2.29. The minimum absolute atomic E-state index is 0.236. The van der Waals surface area contributed by atoms with Crippen molar-refractivity contribution in [3.8, 4) is 0 Å². The van der Waals surface area contributed by atoms with Crippen molar-refractivity contribution in [2.75, 3.05) is 26.2 Å². The van der Waals surface area contributed by atoms with Gasteiger partial charge in [-0.3, -0.25) is 4.79 Å². The molecular formula is C16H35N3O. The highest BCUT2D eigenvalue weighted by atomic mass is 16.1. The molecule has 20 heavy (non-hydrogen) atoms. The fourth-order valence-corrected chi connectivity index (χ4v) is 2.41. The zero-order valence-corrected chi connectivity index (χ0v) is 14.2. The highest BCUT2D eigenvalue weighted by Crippen LogP contribution is 2.14. The summed E-state index contributed by atoms with van der Waals surface area (Å²) in [5.74, 6) is 0.470. The van der Waals surface area contributed by atoms with Crippen LogP contribution in [0.5, 0.6) is 0 Å². The van der Waals surface area contributed by atoms with Crippen molar-refractivity contribution in [1.29, 1.82) is 0 Å². The Morgan fingerprint density at radius 1 is 1.30 bits per heavy atom. The summed E-state index contributed by atoms with van der Waals surface area (Å²) < 4.78 is 0. The SMILES string of the molecule is CCCNC(C)(CCCCN(CC)CC(C)C)C(N)=O. The molecule has 0 aliphatic carbocycles. The maximum Gasteiger partial charge on any atom is 0.237 e. The Hall–Kier alpha value is -0.610. The van der Waals surface area contributed by atoms with Crippen molar-refractivity contribution < 1.29 is 4.79 Å². The van der Waals surface area contributed by atoms with Gasteiger partial charge in [0.25, 0.3) is 0 Å². The second-order valence-corrected chi connectivity index (χ2v) is 6.37. The van der Waals surface area contributed by atoms with Crippen LogP contribution in [0.3, 0.4) is 0 Å². The van der Waals surface area contributed by atoms with Gasteiger partial charge in [-0.2, -0.15) is 0 Å². The van der Waals surface area contributed by atoms with Gasteiger partial charge in [0.1, 0.15) is 0 Å². The van der Waals surface area contributed by atoms with Gasteiger partial charge in [-0.05, 0) is 58.2 Å². The summed E-state index contributed by atoms with van der Waals surface area (Å²) in [6, 6.07) is 0. The summed E-state index contributed by atoms with van der Waals surface area (Å²) in [5, 5.41) is 3.29. The van der Waals surface area contributed by atoms with E-state index in [1.54, 1.807) is 0 Å². The number of hydrogen-bond acceptors (Lipinski definition) is 3. The van der Waals surface area contributed by atoms with Crippen LogP contribution in [-0.2, 0) is 4.79 Å². The largest absolute Gasteiger partial charge is 0.368 e. The number of primary amides is 1. The van der Waals surface area contributed by atoms with Crippen LogP contribution in [0.4, 0.5) is 0 Å². The first-order chi connectivity index (χ1) is 9.35. The van der Waals surface area contributed by atoms with Crippen LogP contribution >= 0.6 is 0 Å². The van der Waals surface area contributed by atoms with Crippen LogP contribution in [0.2, 0.25) is 0 Å². The minimum atomic E-state index is -0.550. The maximum atomic E-state index is 11.6. The van der Waals surface area contributed by atoms with E-state index in [1.807, 2.05) is 6.92 Å². The zero-order valence-electron chi connectivity index (χ0n) is 14.2. The van der Waals surface area contributed by atoms with Crippen LogP contribution in [0, 0.1) is 5.92 Å². The Morgan fingerprint density at radius 3 is 2.40 bits per heavy atom. The van der Waals surface area contributed by atoms with E-state index in [-0.39, 0.29) is 5.91 Å². The quantitative estimate of drug-likeness (QED) is 0.541. The minimum Gasteiger partial charge on any atom is -0.368 e. The molecule has 4 nitrogen and oxygen atoms in total. The predicted molar refractivity (Wildman–Crippen MR) is 86.7 cm³/mol. The summed E-state index contributed by atoms with van der Waals surface area (Å²) >= 11 is 0. The number of carbonyl (C=O) groups is 1. The summed E-state index contributed by atoms with van der Waals surface area (Å²) in [4.78, 5) is 14.1. The van der Waals surface area contributed by atoms with Gasteiger partial charge in [0, 0.05) is 6.54 Å². The molecule has 0 heterocycles. The average Bonchev–Trinajstić information content (AvgIpc) is 2.39. The molecule has 0 aliphatic heterocycles. The first kappa shape index (κ1) is 19.4. The molecule has 3 N–H and O–H groups in total. The third kappa shape index (κ3) is 7.85. The summed E-state index contributed by atoms with van der Waals surface area (Å²) in [6.45, 7) is 14.9. The Morgan fingerprint density at radius 2 is 1.95 bits per heavy atom. The lowest BCUT2D eigenvalue weighted by Gasteiger charge is -2.28. The molecule has 1 atom stereocenters. The molecule has 0 spiro atoms. The third-order valence-corrected chi connectivity index (χ3v) is 3.78. The predicted octanol–water partition coefficient (Wildman–Crippen LogP) is 2.38. The molecule has 0 aromatic carbocycles. The van der Waals surface area contributed by atoms with E-state index < -0.39 is 5.54 Å². The van der Waals surface area contributed by atoms with Crippen molar-refractivity contribution in [2.45, 2.75) is 65.8 Å². The number of hydrogen-bond donors (Lipinski definition) is 2. The van der Waals surface area contributed by atoms with E-state index in [4.69, 9.17) is 5.73 Å². The smallest absolute Gasteiger partial charge is 0.237 e. The lowest BCUT2D eigenvalue weighted by atomic mass is 9.93. The van der Waals surface area contributed by atoms with Crippen molar-refractivity contribution in [3.63, 3.8) is 0 Å². The number of amides is 1. The lowest BCUT2D eigenvalue weighted by Crippen LogP contribution is -2.53. The van der Waals surface area contributed by atoms with Crippen LogP contribution < -0.4 is 11.1 Å². The Kier molecular flexibility index (Phi) is 9.86. The normalized spacial score (nSPS) is 14.8. The van der Waals surface area contributed by atoms with Gasteiger partial charge in [0.05, 0.1) is 5.54 Å². The van der Waals surface area contributed by atoms with E-state index in [2.05, 4.69) is 37.9 Å². The van der Waals surface area contributed by atoms with Crippen molar-refractivity contribution in [3.05, 3.63) is 0 Å². The van der Waals surface area contributed by atoms with Crippen molar-refractivity contribution >= 4 is 5.91 Å². The van der Waals surface area contributed by atoms with Crippen LogP contribution in [0.1, 0.15) is 60.3 Å².